The van der Waals surface area contributed by atoms with Gasteiger partial charge in [0, 0.05) is 84.6 Å². The van der Waals surface area contributed by atoms with Gasteiger partial charge >= 0.3 is 11.6 Å². The summed E-state index contributed by atoms with van der Waals surface area (Å²) in [5.41, 5.74) is 18.3. The number of fused-ring (bicyclic) bond motifs is 3. The van der Waals surface area contributed by atoms with Gasteiger partial charge in [0.05, 0.1) is 57.2 Å². The maximum absolute atomic E-state index is 13.3. The van der Waals surface area contributed by atoms with Crippen LogP contribution in [0.3, 0.4) is 0 Å². The fraction of sp³-hybridized carbons (Fsp3) is 0.475. The summed E-state index contributed by atoms with van der Waals surface area (Å²) >= 11 is 0. The van der Waals surface area contributed by atoms with E-state index in [0.717, 1.165) is 61.0 Å². The molecular formula is C40H52B2N11O4+. The largest absolute Gasteiger partial charge is 0.393 e. The zero-order valence-electron chi connectivity index (χ0n) is 33.4. The molecule has 2 aromatic heterocycles. The molecule has 57 heavy (non-hydrogen) atoms. The van der Waals surface area contributed by atoms with Gasteiger partial charge in [-0.3, -0.25) is 23.9 Å². The van der Waals surface area contributed by atoms with E-state index in [1.165, 1.54) is 17.9 Å². The van der Waals surface area contributed by atoms with Gasteiger partial charge in [0.25, 0.3) is 5.91 Å². The summed E-state index contributed by atoms with van der Waals surface area (Å²) < 4.78 is 3.47. The molecule has 3 amide bonds. The lowest BCUT2D eigenvalue weighted by Crippen LogP contribution is -2.65. The van der Waals surface area contributed by atoms with Crippen LogP contribution >= 0.6 is 0 Å². The second-order valence-corrected chi connectivity index (χ2v) is 15.4. The lowest BCUT2D eigenvalue weighted by atomic mass is 9.57. The number of hydrogen-bond donors (Lipinski definition) is 5. The molecule has 2 aliphatic heterocycles. The second-order valence-electron chi connectivity index (χ2n) is 15.4. The van der Waals surface area contributed by atoms with E-state index >= 15 is 0 Å². The van der Waals surface area contributed by atoms with Crippen LogP contribution in [0, 0.1) is 5.92 Å². The van der Waals surface area contributed by atoms with Crippen molar-refractivity contribution in [1.82, 2.24) is 30.2 Å². The van der Waals surface area contributed by atoms with Gasteiger partial charge in [0.15, 0.2) is 0 Å². The van der Waals surface area contributed by atoms with Crippen molar-refractivity contribution in [1.29, 1.82) is 0 Å². The molecule has 17 heteroatoms. The molecule has 15 nitrogen and oxygen atoms in total. The fourth-order valence-electron chi connectivity index (χ4n) is 7.41. The molecule has 5 aliphatic rings. The predicted octanol–water partition coefficient (Wildman–Crippen LogP) is 1.30. The molecule has 4 fully saturated rings. The normalized spacial score (nSPS) is 18.5. The fourth-order valence-corrected chi connectivity index (χ4v) is 7.41. The summed E-state index contributed by atoms with van der Waals surface area (Å²) in [6.07, 6.45) is 8.82. The van der Waals surface area contributed by atoms with Crippen molar-refractivity contribution in [3.63, 3.8) is 0 Å². The SMILES string of the molecule is CC.[B]C([B])(c1cccc(C(=O)N(C)C2CC2)[n+]1OC)N1CC(n2ncc3c2CN(C)c2c(NC(/C=C(\N)NC(=O)C4CC4)=C(/N)C(=O)NC4CC4)cccc2-3)C1. The summed E-state index contributed by atoms with van der Waals surface area (Å²) in [7, 11) is 19.0. The van der Waals surface area contributed by atoms with Crippen molar-refractivity contribution < 1.29 is 24.0 Å². The molecule has 3 aromatic rings. The van der Waals surface area contributed by atoms with E-state index < -0.39 is 11.2 Å². The second kappa shape index (κ2) is 15.8. The van der Waals surface area contributed by atoms with E-state index in [1.54, 1.807) is 30.1 Å². The first kappa shape index (κ1) is 39.8. The van der Waals surface area contributed by atoms with Crippen LogP contribution in [-0.4, -0.2) is 99.4 Å². The van der Waals surface area contributed by atoms with Gasteiger partial charge in [0.2, 0.25) is 11.6 Å². The van der Waals surface area contributed by atoms with Crippen molar-refractivity contribution in [2.75, 3.05) is 44.5 Å². The minimum absolute atomic E-state index is 0.00781. The number of hydrogen-bond acceptors (Lipinski definition) is 10. The Balaban J connectivity index is 0.00000244. The summed E-state index contributed by atoms with van der Waals surface area (Å²) in [6, 6.07) is 11.5. The minimum Gasteiger partial charge on any atom is -0.393 e. The molecule has 296 valence electrons. The maximum Gasteiger partial charge on any atom is 0.323 e. The van der Waals surface area contributed by atoms with Crippen molar-refractivity contribution >= 4 is 44.8 Å². The summed E-state index contributed by atoms with van der Waals surface area (Å²) in [5.74, 6) is -0.653. The standard InChI is InChI=1S/C38H45B2N11O4.C2H6/c1-47-20-30-26(17-43-50(30)24-18-49(19-24)38(39,40)31-9-5-8-29(51(31)55-3)37(54)48(2)23-14-15-23)25-6-4-7-27(34(25)47)45-28(33(42)36(53)44-22-12-13-22)16-32(41)46-35(52)21-10-11-21;1-2/h4-9,16-17,21-24,42H,10-15,18-20H2,1-3H3,(H5,41,44,45,46,52,53,54);1-2H3/p+1. The Labute approximate surface area is 336 Å². The Morgan fingerprint density at radius 1 is 1.02 bits per heavy atom. The highest BCUT2D eigenvalue weighted by atomic mass is 16.6. The van der Waals surface area contributed by atoms with Gasteiger partial charge in [-0.2, -0.15) is 5.10 Å². The van der Waals surface area contributed by atoms with Gasteiger partial charge in [-0.05, 0) is 50.7 Å². The first-order valence-corrected chi connectivity index (χ1v) is 19.8. The number of amides is 3. The number of nitrogens with one attached hydrogen (secondary N) is 3. The summed E-state index contributed by atoms with van der Waals surface area (Å²) in [5, 5.41) is 12.4. The number of rotatable bonds is 13. The third-order valence-electron chi connectivity index (χ3n) is 11.1. The molecule has 3 saturated carbocycles. The lowest BCUT2D eigenvalue weighted by molar-refractivity contribution is -0.893. The average Bonchev–Trinajstić information content (AvgIpc) is 4.03. The van der Waals surface area contributed by atoms with Crippen molar-refractivity contribution in [3.8, 4) is 11.1 Å². The molecule has 1 aromatic carbocycles. The Bertz CT molecular complexity index is 2120. The molecule has 3 aliphatic carbocycles. The molecular weight excluding hydrogens is 720 g/mol. The summed E-state index contributed by atoms with van der Waals surface area (Å²) in [4.78, 5) is 50.4. The van der Waals surface area contributed by atoms with Gasteiger partial charge in [-0.15, -0.1) is 0 Å². The lowest BCUT2D eigenvalue weighted by Gasteiger charge is -2.48. The number of aromatic nitrogens is 3. The number of likely N-dealkylation sites (tertiary alicyclic amines) is 1. The zero-order chi connectivity index (χ0) is 40.8. The Kier molecular flexibility index (Phi) is 11.1. The first-order chi connectivity index (χ1) is 27.3. The smallest absolute Gasteiger partial charge is 0.323 e. The molecule has 0 bridgehead atoms. The van der Waals surface area contributed by atoms with Gasteiger partial charge in [-0.1, -0.05) is 26.0 Å². The molecule has 0 spiro atoms. The van der Waals surface area contributed by atoms with Crippen LogP contribution < -0.4 is 41.9 Å². The molecule has 8 rings (SSSR count). The third kappa shape index (κ3) is 7.94. The number of carbonyl (C=O) groups is 3. The average molecular weight is 773 g/mol. The Morgan fingerprint density at radius 2 is 1.72 bits per heavy atom. The van der Waals surface area contributed by atoms with Crippen LogP contribution in [0.5, 0.6) is 0 Å². The number of pyridine rings is 1. The predicted molar refractivity (Wildman–Crippen MR) is 218 cm³/mol. The highest BCUT2D eigenvalue weighted by molar-refractivity contribution is 6.39. The van der Waals surface area contributed by atoms with Crippen LogP contribution in [0.25, 0.3) is 11.1 Å². The number of benzene rings is 1. The van der Waals surface area contributed by atoms with Crippen LogP contribution in [0.15, 0.2) is 65.9 Å². The highest BCUT2D eigenvalue weighted by Gasteiger charge is 2.46. The molecule has 7 N–H and O–H groups in total. The van der Waals surface area contributed by atoms with E-state index in [4.69, 9.17) is 37.1 Å². The molecule has 0 atom stereocenters. The number of allylic oxidation sites excluding steroid dienone is 1. The van der Waals surface area contributed by atoms with Crippen molar-refractivity contribution in [2.45, 2.75) is 82.4 Å². The van der Waals surface area contributed by atoms with Gasteiger partial charge in [0.1, 0.15) is 18.6 Å². The highest BCUT2D eigenvalue weighted by Crippen LogP contribution is 2.45. The third-order valence-corrected chi connectivity index (χ3v) is 11.1. The van der Waals surface area contributed by atoms with Crippen LogP contribution in [0.1, 0.15) is 80.3 Å². The van der Waals surface area contributed by atoms with Gasteiger partial charge < -0.3 is 42.1 Å². The number of carbonyl (C=O) groups excluding carboxylic acids is 3. The van der Waals surface area contributed by atoms with Crippen LogP contribution in [-0.2, 0) is 21.5 Å². The molecule has 4 heterocycles. The Hall–Kier alpha value is -5.44. The maximum atomic E-state index is 13.3. The van der Waals surface area contributed by atoms with E-state index in [0.29, 0.717) is 36.7 Å². The Morgan fingerprint density at radius 3 is 2.37 bits per heavy atom. The molecule has 1 saturated heterocycles. The van der Waals surface area contributed by atoms with E-state index in [2.05, 4.69) is 20.9 Å². The van der Waals surface area contributed by atoms with Crippen molar-refractivity contribution in [2.24, 2.45) is 17.4 Å². The zero-order valence-corrected chi connectivity index (χ0v) is 33.4. The number of para-hydroxylation sites is 1. The van der Waals surface area contributed by atoms with E-state index in [9.17, 15) is 14.4 Å². The van der Waals surface area contributed by atoms with Gasteiger partial charge in [-0.25, -0.2) is 0 Å². The first-order valence-electron chi connectivity index (χ1n) is 19.8. The number of nitrogens with two attached hydrogens (primary N) is 2. The topological polar surface area (TPSA) is 180 Å². The molecule has 4 radical (unpaired) electrons. The van der Waals surface area contributed by atoms with E-state index in [1.807, 2.05) is 54.9 Å². The van der Waals surface area contributed by atoms with E-state index in [-0.39, 0.29) is 53.1 Å². The monoisotopic (exact) mass is 772 g/mol. The number of nitrogens with zero attached hydrogens (tertiary/aromatic N) is 6. The summed E-state index contributed by atoms with van der Waals surface area (Å²) in [6.45, 7) is 5.58. The van der Waals surface area contributed by atoms with Crippen LogP contribution in [0.4, 0.5) is 11.4 Å². The number of anilines is 2. The minimum atomic E-state index is -1.43. The molecule has 0 unspecified atom stereocenters. The van der Waals surface area contributed by atoms with Crippen molar-refractivity contribution in [3.05, 3.63) is 83.0 Å². The van der Waals surface area contributed by atoms with Crippen LogP contribution in [0.2, 0.25) is 0 Å². The quantitative estimate of drug-likeness (QED) is 0.0736.